The Kier molecular flexibility index (Phi) is 5.03. The Morgan fingerprint density at radius 2 is 1.46 bits per heavy atom. The maximum Gasteiger partial charge on any atom is 0.342 e. The van der Waals surface area contributed by atoms with Crippen LogP contribution < -0.4 is 0 Å². The van der Waals surface area contributed by atoms with Gasteiger partial charge in [0.25, 0.3) is 0 Å². The van der Waals surface area contributed by atoms with Crippen LogP contribution in [0.1, 0.15) is 22.8 Å². The van der Waals surface area contributed by atoms with Crippen LogP contribution in [0.15, 0.2) is 60.7 Å². The van der Waals surface area contributed by atoms with Crippen molar-refractivity contribution in [2.75, 3.05) is 7.11 Å². The van der Waals surface area contributed by atoms with Gasteiger partial charge in [0.1, 0.15) is 17.1 Å². The Morgan fingerprint density at radius 1 is 0.962 bits per heavy atom. The highest BCUT2D eigenvalue weighted by atomic mass is 19.1. The summed E-state index contributed by atoms with van der Waals surface area (Å²) in [4.78, 5) is 12.3. The first-order chi connectivity index (χ1) is 12.6. The zero-order valence-electron chi connectivity index (χ0n) is 14.6. The second-order valence-electron chi connectivity index (χ2n) is 5.84. The predicted octanol–water partition coefficient (Wildman–Crippen LogP) is 5.21. The maximum absolute atomic E-state index is 15.7. The number of hydrogen-bond donors (Lipinski definition) is 1. The van der Waals surface area contributed by atoms with E-state index in [-0.39, 0.29) is 16.9 Å². The van der Waals surface area contributed by atoms with E-state index in [4.69, 9.17) is 4.74 Å². The molecule has 0 aliphatic heterocycles. The molecule has 0 radical (unpaired) electrons. The number of benzene rings is 3. The van der Waals surface area contributed by atoms with Crippen LogP contribution in [0.4, 0.5) is 4.39 Å². The Labute approximate surface area is 151 Å². The summed E-state index contributed by atoms with van der Waals surface area (Å²) in [6.07, 6.45) is 0.367. The van der Waals surface area contributed by atoms with Crippen LogP contribution in [0.5, 0.6) is 5.75 Å². The third kappa shape index (κ3) is 2.94. The molecule has 0 atom stereocenters. The standard InChI is InChI=1S/C22H19FO3/c1-3-16-17(14-10-6-4-7-11-14)20(23)18(15-12-8-5-9-13-15)19(21(16)24)22(25)26-2/h4-13,24H,3H2,1-2H3. The monoisotopic (exact) mass is 350 g/mol. The van der Waals surface area contributed by atoms with Crippen LogP contribution in [-0.4, -0.2) is 18.2 Å². The fraction of sp³-hybridized carbons (Fsp3) is 0.136. The molecule has 4 heteroatoms. The highest BCUT2D eigenvalue weighted by Crippen LogP contribution is 2.43. The van der Waals surface area contributed by atoms with E-state index in [9.17, 15) is 9.90 Å². The van der Waals surface area contributed by atoms with Gasteiger partial charge in [0.2, 0.25) is 0 Å². The van der Waals surface area contributed by atoms with Gasteiger partial charge >= 0.3 is 5.97 Å². The van der Waals surface area contributed by atoms with Crippen LogP contribution in [0.2, 0.25) is 0 Å². The molecule has 0 aliphatic carbocycles. The molecule has 3 nitrogen and oxygen atoms in total. The van der Waals surface area contributed by atoms with Gasteiger partial charge in [-0.3, -0.25) is 0 Å². The SMILES string of the molecule is CCc1c(O)c(C(=O)OC)c(-c2ccccc2)c(F)c1-c1ccccc1. The average molecular weight is 350 g/mol. The van der Waals surface area contributed by atoms with Crippen molar-refractivity contribution in [3.8, 4) is 28.0 Å². The summed E-state index contributed by atoms with van der Waals surface area (Å²) >= 11 is 0. The number of methoxy groups -OCH3 is 1. The number of carbonyl (C=O) groups is 1. The van der Waals surface area contributed by atoms with E-state index in [1.807, 2.05) is 25.1 Å². The molecule has 0 unspecified atom stereocenters. The van der Waals surface area contributed by atoms with Crippen LogP contribution in [0, 0.1) is 5.82 Å². The zero-order valence-corrected chi connectivity index (χ0v) is 14.6. The normalized spacial score (nSPS) is 10.6. The van der Waals surface area contributed by atoms with E-state index in [1.54, 1.807) is 42.5 Å². The first kappa shape index (κ1) is 17.7. The zero-order chi connectivity index (χ0) is 18.7. The molecule has 3 rings (SSSR count). The summed E-state index contributed by atoms with van der Waals surface area (Å²) in [5.41, 5.74) is 1.73. The fourth-order valence-electron chi connectivity index (χ4n) is 3.18. The van der Waals surface area contributed by atoms with Crippen molar-refractivity contribution >= 4 is 5.97 Å². The Morgan fingerprint density at radius 3 is 1.92 bits per heavy atom. The number of carbonyl (C=O) groups excluding carboxylic acids is 1. The molecule has 0 aromatic heterocycles. The molecule has 0 spiro atoms. The smallest absolute Gasteiger partial charge is 0.342 e. The highest BCUT2D eigenvalue weighted by molar-refractivity contribution is 6.02. The van der Waals surface area contributed by atoms with Gasteiger partial charge in [-0.15, -0.1) is 0 Å². The number of ether oxygens (including phenoxy) is 1. The molecule has 0 saturated heterocycles. The second kappa shape index (κ2) is 7.40. The molecule has 0 amide bonds. The molecule has 132 valence electrons. The summed E-state index contributed by atoms with van der Waals surface area (Å²) in [7, 11) is 1.21. The van der Waals surface area contributed by atoms with Crippen molar-refractivity contribution in [2.45, 2.75) is 13.3 Å². The Balaban J connectivity index is 2.45. The van der Waals surface area contributed by atoms with Crippen LogP contribution in [0.25, 0.3) is 22.3 Å². The van der Waals surface area contributed by atoms with Gasteiger partial charge in [-0.25, -0.2) is 9.18 Å². The topological polar surface area (TPSA) is 46.5 Å². The lowest BCUT2D eigenvalue weighted by atomic mass is 9.87. The van der Waals surface area contributed by atoms with E-state index in [0.717, 1.165) is 0 Å². The number of esters is 1. The fourth-order valence-corrected chi connectivity index (χ4v) is 3.18. The summed E-state index contributed by atoms with van der Waals surface area (Å²) < 4.78 is 20.5. The van der Waals surface area contributed by atoms with Crippen molar-refractivity contribution in [3.63, 3.8) is 0 Å². The van der Waals surface area contributed by atoms with E-state index in [0.29, 0.717) is 28.7 Å². The van der Waals surface area contributed by atoms with Gasteiger partial charge in [0.15, 0.2) is 0 Å². The molecule has 0 aliphatic rings. The van der Waals surface area contributed by atoms with Crippen molar-refractivity contribution in [1.29, 1.82) is 0 Å². The van der Waals surface area contributed by atoms with Crippen molar-refractivity contribution in [2.24, 2.45) is 0 Å². The molecule has 3 aromatic rings. The van der Waals surface area contributed by atoms with Crippen LogP contribution in [-0.2, 0) is 11.2 Å². The van der Waals surface area contributed by atoms with Crippen molar-refractivity contribution < 1.29 is 19.0 Å². The van der Waals surface area contributed by atoms with Gasteiger partial charge in [0, 0.05) is 16.7 Å². The van der Waals surface area contributed by atoms with Crippen molar-refractivity contribution in [1.82, 2.24) is 0 Å². The van der Waals surface area contributed by atoms with E-state index in [1.165, 1.54) is 7.11 Å². The summed E-state index contributed by atoms with van der Waals surface area (Å²) in [5, 5.41) is 10.8. The minimum absolute atomic E-state index is 0.0472. The molecule has 0 heterocycles. The largest absolute Gasteiger partial charge is 0.507 e. The number of aromatic hydroxyl groups is 1. The van der Waals surface area contributed by atoms with Crippen molar-refractivity contribution in [3.05, 3.63) is 77.6 Å². The predicted molar refractivity (Wildman–Crippen MR) is 99.7 cm³/mol. The average Bonchev–Trinajstić information content (AvgIpc) is 2.69. The van der Waals surface area contributed by atoms with E-state index < -0.39 is 11.8 Å². The molecular formula is C22H19FO3. The number of rotatable bonds is 4. The minimum Gasteiger partial charge on any atom is -0.507 e. The van der Waals surface area contributed by atoms with Gasteiger partial charge in [0.05, 0.1) is 7.11 Å². The molecular weight excluding hydrogens is 331 g/mol. The third-order valence-corrected chi connectivity index (χ3v) is 4.38. The first-order valence-electron chi connectivity index (χ1n) is 8.36. The van der Waals surface area contributed by atoms with Crippen LogP contribution in [0.3, 0.4) is 0 Å². The number of phenolic OH excluding ortho intramolecular Hbond substituents is 1. The third-order valence-electron chi connectivity index (χ3n) is 4.38. The second-order valence-corrected chi connectivity index (χ2v) is 5.84. The quantitative estimate of drug-likeness (QED) is 0.657. The van der Waals surface area contributed by atoms with E-state index >= 15 is 4.39 Å². The molecule has 0 saturated carbocycles. The Bertz CT molecular complexity index is 935. The minimum atomic E-state index is -0.769. The first-order valence-corrected chi connectivity index (χ1v) is 8.36. The van der Waals surface area contributed by atoms with Gasteiger partial charge < -0.3 is 9.84 Å². The van der Waals surface area contributed by atoms with Gasteiger partial charge in [-0.1, -0.05) is 67.6 Å². The lowest BCUT2D eigenvalue weighted by Gasteiger charge is -2.19. The summed E-state index contributed by atoms with van der Waals surface area (Å²) in [5.74, 6) is -1.55. The van der Waals surface area contributed by atoms with Gasteiger partial charge in [-0.05, 0) is 17.5 Å². The van der Waals surface area contributed by atoms with E-state index in [2.05, 4.69) is 0 Å². The highest BCUT2D eigenvalue weighted by Gasteiger charge is 2.29. The van der Waals surface area contributed by atoms with Crippen LogP contribution >= 0.6 is 0 Å². The molecule has 3 aromatic carbocycles. The Hall–Kier alpha value is -3.14. The number of phenols is 1. The van der Waals surface area contributed by atoms with Gasteiger partial charge in [-0.2, -0.15) is 0 Å². The lowest BCUT2D eigenvalue weighted by Crippen LogP contribution is -2.09. The maximum atomic E-state index is 15.7. The number of halogens is 1. The molecule has 0 bridgehead atoms. The molecule has 26 heavy (non-hydrogen) atoms. The summed E-state index contributed by atoms with van der Waals surface area (Å²) in [6.45, 7) is 1.81. The molecule has 1 N–H and O–H groups in total. The summed E-state index contributed by atoms with van der Waals surface area (Å²) in [6, 6.07) is 17.7. The number of hydrogen-bond acceptors (Lipinski definition) is 3. The molecule has 0 fully saturated rings. The lowest BCUT2D eigenvalue weighted by molar-refractivity contribution is 0.0597.